The van der Waals surface area contributed by atoms with Crippen LogP contribution in [0.4, 0.5) is 0 Å². The number of carbonyl (C=O) groups is 1. The minimum atomic E-state index is 0.0230. The molecule has 1 aliphatic heterocycles. The quantitative estimate of drug-likeness (QED) is 0.729. The maximum Gasteiger partial charge on any atom is 0.253 e. The van der Waals surface area contributed by atoms with Gasteiger partial charge in [0.15, 0.2) is 11.5 Å². The van der Waals surface area contributed by atoms with Gasteiger partial charge in [-0.3, -0.25) is 4.79 Å². The number of methoxy groups -OCH3 is 1. The standard InChI is InChI=1S/C19H30N2O4/c1-14(2)25-17-6-5-15(13-18(17)23-3)19(22)21-10-7-16(8-11-21)24-12-4-9-20/h5-6,13-14,16H,4,7-12,20H2,1-3H3. The van der Waals surface area contributed by atoms with Gasteiger partial charge in [0, 0.05) is 25.3 Å². The van der Waals surface area contributed by atoms with E-state index in [1.165, 1.54) is 0 Å². The van der Waals surface area contributed by atoms with E-state index >= 15 is 0 Å². The molecule has 140 valence electrons. The number of hydrogen-bond acceptors (Lipinski definition) is 5. The minimum Gasteiger partial charge on any atom is -0.493 e. The van der Waals surface area contributed by atoms with Gasteiger partial charge in [-0.25, -0.2) is 0 Å². The molecule has 0 radical (unpaired) electrons. The van der Waals surface area contributed by atoms with E-state index in [0.29, 0.717) is 43.3 Å². The smallest absolute Gasteiger partial charge is 0.253 e. The summed E-state index contributed by atoms with van der Waals surface area (Å²) in [7, 11) is 1.58. The Morgan fingerprint density at radius 2 is 2.00 bits per heavy atom. The maximum absolute atomic E-state index is 12.7. The van der Waals surface area contributed by atoms with Gasteiger partial charge < -0.3 is 24.8 Å². The van der Waals surface area contributed by atoms with E-state index in [1.54, 1.807) is 25.3 Å². The van der Waals surface area contributed by atoms with Crippen LogP contribution < -0.4 is 15.2 Å². The average molecular weight is 350 g/mol. The van der Waals surface area contributed by atoms with E-state index in [-0.39, 0.29) is 18.1 Å². The van der Waals surface area contributed by atoms with Crippen LogP contribution in [0.5, 0.6) is 11.5 Å². The zero-order valence-electron chi connectivity index (χ0n) is 15.5. The molecule has 0 unspecified atom stereocenters. The summed E-state index contributed by atoms with van der Waals surface area (Å²) in [4.78, 5) is 14.6. The van der Waals surface area contributed by atoms with Gasteiger partial charge >= 0.3 is 0 Å². The van der Waals surface area contributed by atoms with Crippen molar-refractivity contribution in [2.45, 2.75) is 45.3 Å². The highest BCUT2D eigenvalue weighted by Crippen LogP contribution is 2.30. The summed E-state index contributed by atoms with van der Waals surface area (Å²) in [6.45, 7) is 6.67. The number of rotatable bonds is 8. The molecule has 0 spiro atoms. The number of piperidine rings is 1. The zero-order valence-corrected chi connectivity index (χ0v) is 15.5. The molecule has 25 heavy (non-hydrogen) atoms. The first-order valence-electron chi connectivity index (χ1n) is 9.00. The van der Waals surface area contributed by atoms with Gasteiger partial charge in [-0.2, -0.15) is 0 Å². The maximum atomic E-state index is 12.7. The number of likely N-dealkylation sites (tertiary alicyclic amines) is 1. The van der Waals surface area contributed by atoms with Gasteiger partial charge in [0.05, 0.1) is 19.3 Å². The lowest BCUT2D eigenvalue weighted by molar-refractivity contribution is 0.00844. The minimum absolute atomic E-state index is 0.0230. The van der Waals surface area contributed by atoms with Gasteiger partial charge in [-0.1, -0.05) is 0 Å². The molecule has 0 aromatic heterocycles. The number of amides is 1. The van der Waals surface area contributed by atoms with Gasteiger partial charge in [0.1, 0.15) is 0 Å². The first-order valence-corrected chi connectivity index (χ1v) is 9.00. The number of nitrogens with two attached hydrogens (primary N) is 1. The fourth-order valence-corrected chi connectivity index (χ4v) is 2.89. The summed E-state index contributed by atoms with van der Waals surface area (Å²) >= 11 is 0. The Balaban J connectivity index is 1.94. The second kappa shape index (κ2) is 9.63. The van der Waals surface area contributed by atoms with E-state index in [1.807, 2.05) is 18.7 Å². The predicted octanol–water partition coefficient (Wildman–Crippen LogP) is 2.45. The van der Waals surface area contributed by atoms with Crippen molar-refractivity contribution >= 4 is 5.91 Å². The summed E-state index contributed by atoms with van der Waals surface area (Å²) < 4.78 is 16.9. The van der Waals surface area contributed by atoms with Crippen molar-refractivity contribution < 1.29 is 19.0 Å². The van der Waals surface area contributed by atoms with Crippen LogP contribution >= 0.6 is 0 Å². The van der Waals surface area contributed by atoms with Crippen LogP contribution in [0, 0.1) is 0 Å². The van der Waals surface area contributed by atoms with E-state index in [2.05, 4.69) is 0 Å². The molecule has 1 fully saturated rings. The van der Waals surface area contributed by atoms with E-state index in [0.717, 1.165) is 19.3 Å². The van der Waals surface area contributed by atoms with Crippen molar-refractivity contribution in [3.8, 4) is 11.5 Å². The van der Waals surface area contributed by atoms with Gasteiger partial charge in [0.2, 0.25) is 0 Å². The average Bonchev–Trinajstić information content (AvgIpc) is 2.62. The number of carbonyl (C=O) groups excluding carboxylic acids is 1. The third-order valence-corrected chi connectivity index (χ3v) is 4.20. The number of ether oxygens (including phenoxy) is 3. The lowest BCUT2D eigenvalue weighted by Crippen LogP contribution is -2.41. The van der Waals surface area contributed by atoms with Crippen molar-refractivity contribution in [2.75, 3.05) is 33.4 Å². The van der Waals surface area contributed by atoms with Crippen molar-refractivity contribution in [1.82, 2.24) is 4.90 Å². The molecule has 1 aromatic carbocycles. The lowest BCUT2D eigenvalue weighted by Gasteiger charge is -2.32. The zero-order chi connectivity index (χ0) is 18.2. The topological polar surface area (TPSA) is 74.0 Å². The van der Waals surface area contributed by atoms with Crippen molar-refractivity contribution in [3.63, 3.8) is 0 Å². The van der Waals surface area contributed by atoms with Gasteiger partial charge in [0.25, 0.3) is 5.91 Å². The molecule has 0 saturated carbocycles. The van der Waals surface area contributed by atoms with Crippen LogP contribution in [-0.4, -0.2) is 56.4 Å². The largest absolute Gasteiger partial charge is 0.493 e. The molecule has 2 rings (SSSR count). The number of hydrogen-bond donors (Lipinski definition) is 1. The van der Waals surface area contributed by atoms with Gasteiger partial charge in [-0.15, -0.1) is 0 Å². The second-order valence-electron chi connectivity index (χ2n) is 6.54. The van der Waals surface area contributed by atoms with Crippen LogP contribution in [-0.2, 0) is 4.74 Å². The monoisotopic (exact) mass is 350 g/mol. The highest BCUT2D eigenvalue weighted by molar-refractivity contribution is 5.95. The molecule has 2 N–H and O–H groups in total. The Bertz CT molecular complexity index is 554. The molecule has 1 aliphatic rings. The Hall–Kier alpha value is -1.79. The number of benzene rings is 1. The van der Waals surface area contributed by atoms with Crippen molar-refractivity contribution in [1.29, 1.82) is 0 Å². The van der Waals surface area contributed by atoms with E-state index in [9.17, 15) is 4.79 Å². The fraction of sp³-hybridized carbons (Fsp3) is 0.632. The normalized spacial score (nSPS) is 15.5. The summed E-state index contributed by atoms with van der Waals surface area (Å²) in [6, 6.07) is 5.35. The third kappa shape index (κ3) is 5.61. The van der Waals surface area contributed by atoms with Crippen LogP contribution in [0.2, 0.25) is 0 Å². The Morgan fingerprint density at radius 3 is 2.60 bits per heavy atom. The van der Waals surface area contributed by atoms with Crippen molar-refractivity contribution in [3.05, 3.63) is 23.8 Å². The van der Waals surface area contributed by atoms with E-state index < -0.39 is 0 Å². The molecular formula is C19H30N2O4. The van der Waals surface area contributed by atoms with Gasteiger partial charge in [-0.05, 0) is 57.9 Å². The lowest BCUT2D eigenvalue weighted by atomic mass is 10.1. The summed E-state index contributed by atoms with van der Waals surface area (Å²) in [6.07, 6.45) is 2.88. The SMILES string of the molecule is COc1cc(C(=O)N2CCC(OCCCN)CC2)ccc1OC(C)C. The van der Waals surface area contributed by atoms with Crippen LogP contribution in [0.15, 0.2) is 18.2 Å². The molecule has 1 amide bonds. The summed E-state index contributed by atoms with van der Waals surface area (Å²) in [5, 5.41) is 0. The molecule has 0 atom stereocenters. The first-order chi connectivity index (χ1) is 12.0. The highest BCUT2D eigenvalue weighted by atomic mass is 16.5. The van der Waals surface area contributed by atoms with Crippen LogP contribution in [0.1, 0.15) is 43.5 Å². The summed E-state index contributed by atoms with van der Waals surface area (Å²) in [5.74, 6) is 1.26. The molecular weight excluding hydrogens is 320 g/mol. The molecule has 0 bridgehead atoms. The van der Waals surface area contributed by atoms with E-state index in [4.69, 9.17) is 19.9 Å². The van der Waals surface area contributed by atoms with Crippen LogP contribution in [0.25, 0.3) is 0 Å². The molecule has 1 heterocycles. The molecule has 6 heteroatoms. The molecule has 0 aliphatic carbocycles. The molecule has 1 saturated heterocycles. The number of nitrogens with zero attached hydrogens (tertiary/aromatic N) is 1. The van der Waals surface area contributed by atoms with Crippen LogP contribution in [0.3, 0.4) is 0 Å². The third-order valence-electron chi connectivity index (χ3n) is 4.20. The Morgan fingerprint density at radius 1 is 1.28 bits per heavy atom. The molecule has 6 nitrogen and oxygen atoms in total. The fourth-order valence-electron chi connectivity index (χ4n) is 2.89. The predicted molar refractivity (Wildman–Crippen MR) is 97.3 cm³/mol. The second-order valence-corrected chi connectivity index (χ2v) is 6.54. The highest BCUT2D eigenvalue weighted by Gasteiger charge is 2.24. The Labute approximate surface area is 150 Å². The Kier molecular flexibility index (Phi) is 7.52. The summed E-state index contributed by atoms with van der Waals surface area (Å²) in [5.41, 5.74) is 6.10. The van der Waals surface area contributed by atoms with Crippen molar-refractivity contribution in [2.24, 2.45) is 5.73 Å². The molecule has 1 aromatic rings. The first kappa shape index (κ1) is 19.5.